The number of hydrogen-bond acceptors (Lipinski definition) is 3. The summed E-state index contributed by atoms with van der Waals surface area (Å²) in [6, 6.07) is 15.5. The molecule has 0 amide bonds. The number of fused-ring (bicyclic) bond motifs is 1. The number of aryl methyl sites for hydroxylation is 1. The van der Waals surface area contributed by atoms with Crippen LogP contribution < -0.4 is 4.74 Å². The molecule has 0 aliphatic carbocycles. The van der Waals surface area contributed by atoms with Gasteiger partial charge in [-0.2, -0.15) is 0 Å². The lowest BCUT2D eigenvalue weighted by atomic mass is 10.2. The summed E-state index contributed by atoms with van der Waals surface area (Å²) in [7, 11) is 0. The Balaban J connectivity index is 1.71. The number of aliphatic hydroxyl groups is 1. The van der Waals surface area contributed by atoms with Gasteiger partial charge in [-0.25, -0.2) is 4.98 Å². The molecule has 1 aromatic heterocycles. The van der Waals surface area contributed by atoms with E-state index >= 15 is 0 Å². The first-order valence-corrected chi connectivity index (χ1v) is 9.09. The highest BCUT2D eigenvalue weighted by atomic mass is 35.5. The summed E-state index contributed by atoms with van der Waals surface area (Å²) in [4.78, 5) is 4.63. The first-order chi connectivity index (χ1) is 12.2. The van der Waals surface area contributed by atoms with Gasteiger partial charge in [0.15, 0.2) is 0 Å². The van der Waals surface area contributed by atoms with E-state index in [1.807, 2.05) is 48.5 Å². The molecule has 0 saturated carbocycles. The predicted molar refractivity (Wildman–Crippen MR) is 101 cm³/mol. The van der Waals surface area contributed by atoms with Crippen LogP contribution >= 0.6 is 11.6 Å². The van der Waals surface area contributed by atoms with Crippen molar-refractivity contribution in [3.8, 4) is 5.75 Å². The van der Waals surface area contributed by atoms with E-state index in [1.54, 1.807) is 0 Å². The first kappa shape index (κ1) is 17.8. The lowest BCUT2D eigenvalue weighted by Crippen LogP contribution is -2.11. The van der Waals surface area contributed by atoms with Gasteiger partial charge in [0.05, 0.1) is 22.7 Å². The monoisotopic (exact) mass is 358 g/mol. The third-order valence-corrected chi connectivity index (χ3v) is 4.48. The second kappa shape index (κ2) is 8.37. The van der Waals surface area contributed by atoms with E-state index < -0.39 is 6.10 Å². The Morgan fingerprint density at radius 3 is 2.72 bits per heavy atom. The van der Waals surface area contributed by atoms with Crippen LogP contribution in [-0.2, 0) is 6.54 Å². The van der Waals surface area contributed by atoms with E-state index in [1.165, 1.54) is 0 Å². The number of rotatable bonds is 8. The van der Waals surface area contributed by atoms with Gasteiger partial charge in [0.2, 0.25) is 0 Å². The number of aromatic nitrogens is 2. The van der Waals surface area contributed by atoms with Crippen LogP contribution in [0.15, 0.2) is 48.5 Å². The van der Waals surface area contributed by atoms with E-state index in [0.29, 0.717) is 23.8 Å². The normalized spacial score (nSPS) is 12.4. The van der Waals surface area contributed by atoms with Gasteiger partial charge in [0, 0.05) is 6.54 Å². The summed E-state index contributed by atoms with van der Waals surface area (Å²) >= 11 is 6.11. The second-order valence-electron chi connectivity index (χ2n) is 6.05. The third-order valence-electron chi connectivity index (χ3n) is 4.16. The van der Waals surface area contributed by atoms with Crippen LogP contribution in [0.1, 0.15) is 38.1 Å². The Labute approximate surface area is 153 Å². The van der Waals surface area contributed by atoms with Crippen LogP contribution in [0, 0.1) is 0 Å². The zero-order valence-corrected chi connectivity index (χ0v) is 15.1. The summed E-state index contributed by atoms with van der Waals surface area (Å²) in [5.41, 5.74) is 1.96. The van der Waals surface area contributed by atoms with Gasteiger partial charge in [0.1, 0.15) is 17.7 Å². The highest BCUT2D eigenvalue weighted by Gasteiger charge is 2.17. The van der Waals surface area contributed by atoms with Gasteiger partial charge in [-0.1, -0.05) is 49.2 Å². The van der Waals surface area contributed by atoms with Crippen LogP contribution in [-0.4, -0.2) is 21.3 Å². The largest absolute Gasteiger partial charge is 0.492 e. The maximum atomic E-state index is 10.4. The van der Waals surface area contributed by atoms with Crippen LogP contribution in [0.25, 0.3) is 11.0 Å². The van der Waals surface area contributed by atoms with Crippen LogP contribution in [0.2, 0.25) is 5.02 Å². The first-order valence-electron chi connectivity index (χ1n) is 8.71. The van der Waals surface area contributed by atoms with Gasteiger partial charge in [-0.15, -0.1) is 0 Å². The van der Waals surface area contributed by atoms with E-state index in [4.69, 9.17) is 16.3 Å². The van der Waals surface area contributed by atoms with E-state index in [-0.39, 0.29) is 0 Å². The molecular weight excluding hydrogens is 336 g/mol. The lowest BCUT2D eigenvalue weighted by molar-refractivity contribution is 0.152. The maximum absolute atomic E-state index is 10.4. The molecule has 0 radical (unpaired) electrons. The quantitative estimate of drug-likeness (QED) is 0.577. The number of nitrogens with zero attached hydrogens (tertiary/aromatic N) is 2. The molecular formula is C20H23ClN2O2. The molecule has 3 aromatic rings. The Morgan fingerprint density at radius 2 is 1.92 bits per heavy atom. The summed E-state index contributed by atoms with van der Waals surface area (Å²) in [5.74, 6) is 1.44. The molecule has 0 spiro atoms. The molecule has 0 aliphatic heterocycles. The van der Waals surface area contributed by atoms with Crippen molar-refractivity contribution in [2.45, 2.75) is 38.8 Å². The molecule has 25 heavy (non-hydrogen) atoms. The predicted octanol–water partition coefficient (Wildman–Crippen LogP) is 4.99. The van der Waals surface area contributed by atoms with Gasteiger partial charge >= 0.3 is 0 Å². The number of aliphatic hydroxyl groups excluding tert-OH is 1. The SMILES string of the molecule is CCC[C@@H](O)c1nc2ccccc2n1CCCOc1ccccc1Cl. The highest BCUT2D eigenvalue weighted by molar-refractivity contribution is 6.32. The molecule has 0 aliphatic rings. The molecule has 5 heteroatoms. The minimum Gasteiger partial charge on any atom is -0.492 e. The molecule has 1 heterocycles. The zero-order chi connectivity index (χ0) is 17.6. The van der Waals surface area contributed by atoms with Crippen molar-refractivity contribution in [3.63, 3.8) is 0 Å². The number of halogens is 1. The molecule has 0 bridgehead atoms. The van der Waals surface area contributed by atoms with Crippen molar-refractivity contribution in [3.05, 3.63) is 59.4 Å². The van der Waals surface area contributed by atoms with Gasteiger partial charge in [0.25, 0.3) is 0 Å². The van der Waals surface area contributed by atoms with Gasteiger partial charge < -0.3 is 14.4 Å². The molecule has 2 aromatic carbocycles. The van der Waals surface area contributed by atoms with Crippen LogP contribution in [0.3, 0.4) is 0 Å². The van der Waals surface area contributed by atoms with Crippen LogP contribution in [0.4, 0.5) is 0 Å². The molecule has 3 rings (SSSR count). The Morgan fingerprint density at radius 1 is 1.16 bits per heavy atom. The lowest BCUT2D eigenvalue weighted by Gasteiger charge is -2.14. The smallest absolute Gasteiger partial charge is 0.138 e. The third kappa shape index (κ3) is 4.14. The molecule has 1 N–H and O–H groups in total. The fourth-order valence-corrected chi connectivity index (χ4v) is 3.14. The summed E-state index contributed by atoms with van der Waals surface area (Å²) < 4.78 is 7.87. The minimum atomic E-state index is -0.540. The fraction of sp³-hybridized carbons (Fsp3) is 0.350. The Hall–Kier alpha value is -2.04. The number of imidazole rings is 1. The summed E-state index contributed by atoms with van der Waals surface area (Å²) in [6.07, 6.45) is 1.89. The van der Waals surface area contributed by atoms with Crippen molar-refractivity contribution < 1.29 is 9.84 Å². The molecule has 1 atom stereocenters. The average molecular weight is 359 g/mol. The second-order valence-corrected chi connectivity index (χ2v) is 6.45. The fourth-order valence-electron chi connectivity index (χ4n) is 2.95. The van der Waals surface area contributed by atoms with Crippen molar-refractivity contribution in [1.29, 1.82) is 0 Å². The maximum Gasteiger partial charge on any atom is 0.138 e. The standard InChI is InChI=1S/C20H23ClN2O2/c1-2-8-18(24)20-22-16-10-4-5-11-17(16)23(20)13-7-14-25-19-12-6-3-9-15(19)21/h3-6,9-12,18,24H,2,7-8,13-14H2,1H3/t18-/m1/s1. The summed E-state index contributed by atoms with van der Waals surface area (Å²) in [6.45, 7) is 3.36. The molecule has 0 saturated heterocycles. The van der Waals surface area contributed by atoms with Crippen molar-refractivity contribution in [2.24, 2.45) is 0 Å². The molecule has 4 nitrogen and oxygen atoms in total. The minimum absolute atomic E-state index is 0.540. The zero-order valence-electron chi connectivity index (χ0n) is 14.4. The Bertz CT molecular complexity index is 831. The highest BCUT2D eigenvalue weighted by Crippen LogP contribution is 2.25. The summed E-state index contributed by atoms with van der Waals surface area (Å²) in [5, 5.41) is 11.1. The Kier molecular flexibility index (Phi) is 5.95. The topological polar surface area (TPSA) is 47.3 Å². The molecule has 0 unspecified atom stereocenters. The number of ether oxygens (including phenoxy) is 1. The number of para-hydroxylation sites is 3. The van der Waals surface area contributed by atoms with Crippen LogP contribution in [0.5, 0.6) is 5.75 Å². The number of hydrogen-bond donors (Lipinski definition) is 1. The van der Waals surface area contributed by atoms with Gasteiger partial charge in [-0.05, 0) is 37.1 Å². The van der Waals surface area contributed by atoms with Gasteiger partial charge in [-0.3, -0.25) is 0 Å². The number of benzene rings is 2. The van der Waals surface area contributed by atoms with Crippen molar-refractivity contribution in [1.82, 2.24) is 9.55 Å². The van der Waals surface area contributed by atoms with Crippen molar-refractivity contribution >= 4 is 22.6 Å². The molecule has 0 fully saturated rings. The van der Waals surface area contributed by atoms with E-state index in [2.05, 4.69) is 16.5 Å². The molecule has 132 valence electrons. The van der Waals surface area contributed by atoms with E-state index in [0.717, 1.165) is 36.2 Å². The van der Waals surface area contributed by atoms with Crippen molar-refractivity contribution in [2.75, 3.05) is 6.61 Å². The van der Waals surface area contributed by atoms with E-state index in [9.17, 15) is 5.11 Å². The average Bonchev–Trinajstić information content (AvgIpc) is 2.99.